The lowest BCUT2D eigenvalue weighted by Crippen LogP contribution is -2.26. The summed E-state index contributed by atoms with van der Waals surface area (Å²) in [6.07, 6.45) is 1.20. The molecule has 24 heavy (non-hydrogen) atoms. The molecule has 6 heteroatoms. The SMILES string of the molecule is Cc1cc(=O)n(C)c(SCCCC(=O)NC(C)c2ccccc2)n1. The smallest absolute Gasteiger partial charge is 0.254 e. The van der Waals surface area contributed by atoms with Crippen molar-refractivity contribution in [3.63, 3.8) is 0 Å². The molecule has 0 saturated carbocycles. The second-order valence-corrected chi connectivity index (χ2v) is 6.79. The Balaban J connectivity index is 1.76. The van der Waals surface area contributed by atoms with Gasteiger partial charge in [0, 0.05) is 31.0 Å². The van der Waals surface area contributed by atoms with E-state index in [9.17, 15) is 9.59 Å². The molecule has 1 atom stereocenters. The molecule has 1 N–H and O–H groups in total. The molecule has 1 aromatic heterocycles. The molecule has 0 saturated heterocycles. The highest BCUT2D eigenvalue weighted by molar-refractivity contribution is 7.99. The Hall–Kier alpha value is -2.08. The summed E-state index contributed by atoms with van der Waals surface area (Å²) in [7, 11) is 1.71. The van der Waals surface area contributed by atoms with Crippen LogP contribution in [0.1, 0.15) is 37.1 Å². The molecule has 0 bridgehead atoms. The molecule has 2 aromatic rings. The van der Waals surface area contributed by atoms with Crippen LogP contribution in [-0.2, 0) is 11.8 Å². The van der Waals surface area contributed by atoms with Crippen LogP contribution in [0.5, 0.6) is 0 Å². The monoisotopic (exact) mass is 345 g/mol. The van der Waals surface area contributed by atoms with E-state index in [0.29, 0.717) is 11.6 Å². The van der Waals surface area contributed by atoms with Gasteiger partial charge in [-0.05, 0) is 25.8 Å². The van der Waals surface area contributed by atoms with E-state index in [1.165, 1.54) is 22.4 Å². The van der Waals surface area contributed by atoms with Crippen molar-refractivity contribution >= 4 is 17.7 Å². The number of nitrogens with zero attached hydrogens (tertiary/aromatic N) is 2. The Kier molecular flexibility index (Phi) is 6.61. The first kappa shape index (κ1) is 18.3. The van der Waals surface area contributed by atoms with Gasteiger partial charge < -0.3 is 5.32 Å². The Morgan fingerprint density at radius 1 is 1.33 bits per heavy atom. The summed E-state index contributed by atoms with van der Waals surface area (Å²) in [6.45, 7) is 3.79. The predicted molar refractivity (Wildman–Crippen MR) is 97.2 cm³/mol. The van der Waals surface area contributed by atoms with Crippen LogP contribution in [0.25, 0.3) is 0 Å². The van der Waals surface area contributed by atoms with Crippen LogP contribution in [0.2, 0.25) is 0 Å². The number of hydrogen-bond acceptors (Lipinski definition) is 4. The largest absolute Gasteiger partial charge is 0.350 e. The fourth-order valence-corrected chi connectivity index (χ4v) is 3.26. The summed E-state index contributed by atoms with van der Waals surface area (Å²) in [4.78, 5) is 28.1. The fourth-order valence-electron chi connectivity index (χ4n) is 2.29. The lowest BCUT2D eigenvalue weighted by molar-refractivity contribution is -0.121. The maximum Gasteiger partial charge on any atom is 0.254 e. The van der Waals surface area contributed by atoms with Gasteiger partial charge in [-0.15, -0.1) is 0 Å². The summed E-state index contributed by atoms with van der Waals surface area (Å²) in [5, 5.41) is 3.70. The minimum absolute atomic E-state index is 0.00520. The average molecular weight is 345 g/mol. The van der Waals surface area contributed by atoms with Gasteiger partial charge in [0.15, 0.2) is 5.16 Å². The summed E-state index contributed by atoms with van der Waals surface area (Å²) in [5.41, 5.74) is 1.76. The maximum atomic E-state index is 12.0. The van der Waals surface area contributed by atoms with Crippen LogP contribution in [-0.4, -0.2) is 21.2 Å². The van der Waals surface area contributed by atoms with Crippen molar-refractivity contribution in [2.24, 2.45) is 7.05 Å². The number of amides is 1. The highest BCUT2D eigenvalue weighted by atomic mass is 32.2. The number of hydrogen-bond donors (Lipinski definition) is 1. The fraction of sp³-hybridized carbons (Fsp3) is 0.389. The number of carbonyl (C=O) groups is 1. The van der Waals surface area contributed by atoms with Crippen molar-refractivity contribution < 1.29 is 4.79 Å². The van der Waals surface area contributed by atoms with Gasteiger partial charge in [0.1, 0.15) is 0 Å². The zero-order chi connectivity index (χ0) is 17.5. The predicted octanol–water partition coefficient (Wildman–Crippen LogP) is 2.84. The first-order chi connectivity index (χ1) is 11.5. The molecule has 1 unspecified atom stereocenters. The normalized spacial score (nSPS) is 12.0. The van der Waals surface area contributed by atoms with Gasteiger partial charge in [-0.25, -0.2) is 4.98 Å². The van der Waals surface area contributed by atoms with Crippen LogP contribution < -0.4 is 10.9 Å². The van der Waals surface area contributed by atoms with Crippen LogP contribution in [0, 0.1) is 6.92 Å². The number of aryl methyl sites for hydroxylation is 1. The lowest BCUT2D eigenvalue weighted by atomic mass is 10.1. The quantitative estimate of drug-likeness (QED) is 0.476. The van der Waals surface area contributed by atoms with E-state index >= 15 is 0 Å². The summed E-state index contributed by atoms with van der Waals surface area (Å²) < 4.78 is 1.54. The van der Waals surface area contributed by atoms with Crippen molar-refractivity contribution in [2.75, 3.05) is 5.75 Å². The van der Waals surface area contributed by atoms with E-state index in [1.54, 1.807) is 7.05 Å². The Morgan fingerprint density at radius 3 is 2.75 bits per heavy atom. The molecule has 0 fully saturated rings. The van der Waals surface area contributed by atoms with E-state index < -0.39 is 0 Å². The second-order valence-electron chi connectivity index (χ2n) is 5.73. The third-order valence-electron chi connectivity index (χ3n) is 3.68. The highest BCUT2D eigenvalue weighted by Crippen LogP contribution is 2.16. The summed E-state index contributed by atoms with van der Waals surface area (Å²) in [5.74, 6) is 0.787. The van der Waals surface area contributed by atoms with Crippen molar-refractivity contribution in [1.82, 2.24) is 14.9 Å². The van der Waals surface area contributed by atoms with E-state index in [4.69, 9.17) is 0 Å². The van der Waals surface area contributed by atoms with Gasteiger partial charge >= 0.3 is 0 Å². The molecule has 1 amide bonds. The number of benzene rings is 1. The number of nitrogens with one attached hydrogen (secondary N) is 1. The van der Waals surface area contributed by atoms with Gasteiger partial charge in [0.25, 0.3) is 5.56 Å². The Morgan fingerprint density at radius 2 is 2.04 bits per heavy atom. The zero-order valence-electron chi connectivity index (χ0n) is 14.3. The Labute approximate surface area is 146 Å². The molecule has 128 valence electrons. The molecule has 0 aliphatic rings. The summed E-state index contributed by atoms with van der Waals surface area (Å²) in [6, 6.07) is 11.4. The molecule has 0 radical (unpaired) electrons. The molecule has 2 rings (SSSR count). The van der Waals surface area contributed by atoms with Crippen LogP contribution >= 0.6 is 11.8 Å². The third-order valence-corrected chi connectivity index (χ3v) is 4.79. The van der Waals surface area contributed by atoms with E-state index in [1.807, 2.05) is 44.2 Å². The van der Waals surface area contributed by atoms with Crippen LogP contribution in [0.3, 0.4) is 0 Å². The van der Waals surface area contributed by atoms with Gasteiger partial charge in [0.2, 0.25) is 5.91 Å². The van der Waals surface area contributed by atoms with Gasteiger partial charge in [-0.2, -0.15) is 0 Å². The number of carbonyl (C=O) groups excluding carboxylic acids is 1. The molecule has 1 heterocycles. The van der Waals surface area contributed by atoms with Gasteiger partial charge in [-0.1, -0.05) is 42.1 Å². The van der Waals surface area contributed by atoms with E-state index in [2.05, 4.69) is 10.3 Å². The number of aromatic nitrogens is 2. The third kappa shape index (κ3) is 5.23. The lowest BCUT2D eigenvalue weighted by Gasteiger charge is -2.14. The standard InChI is InChI=1S/C18H23N3O2S/c1-13-12-17(23)21(3)18(19-13)24-11-7-10-16(22)20-14(2)15-8-5-4-6-9-15/h4-6,8-9,12,14H,7,10-11H2,1-3H3,(H,20,22). The molecule has 0 aliphatic heterocycles. The van der Waals surface area contributed by atoms with Crippen LogP contribution in [0.4, 0.5) is 0 Å². The summed E-state index contributed by atoms with van der Waals surface area (Å²) >= 11 is 1.50. The number of rotatable bonds is 7. The van der Waals surface area contributed by atoms with E-state index in [0.717, 1.165) is 23.4 Å². The number of thioether (sulfide) groups is 1. The maximum absolute atomic E-state index is 12.0. The van der Waals surface area contributed by atoms with Crippen molar-refractivity contribution in [3.05, 3.63) is 58.0 Å². The minimum Gasteiger partial charge on any atom is -0.350 e. The van der Waals surface area contributed by atoms with Crippen molar-refractivity contribution in [2.45, 2.75) is 37.9 Å². The average Bonchev–Trinajstić information content (AvgIpc) is 2.56. The van der Waals surface area contributed by atoms with Gasteiger partial charge in [0.05, 0.1) is 6.04 Å². The molecule has 5 nitrogen and oxygen atoms in total. The molecule has 1 aromatic carbocycles. The first-order valence-electron chi connectivity index (χ1n) is 7.99. The molecular weight excluding hydrogens is 322 g/mol. The highest BCUT2D eigenvalue weighted by Gasteiger charge is 2.09. The molecule has 0 aliphatic carbocycles. The van der Waals surface area contributed by atoms with Crippen LogP contribution in [0.15, 0.2) is 46.3 Å². The minimum atomic E-state index is -0.0561. The Bertz CT molecular complexity index is 744. The van der Waals surface area contributed by atoms with Gasteiger partial charge in [-0.3, -0.25) is 14.2 Å². The first-order valence-corrected chi connectivity index (χ1v) is 8.97. The van der Waals surface area contributed by atoms with Crippen molar-refractivity contribution in [3.8, 4) is 0 Å². The molecular formula is C18H23N3O2S. The van der Waals surface area contributed by atoms with E-state index in [-0.39, 0.29) is 17.5 Å². The van der Waals surface area contributed by atoms with Crippen molar-refractivity contribution in [1.29, 1.82) is 0 Å². The second kappa shape index (κ2) is 8.68. The topological polar surface area (TPSA) is 64.0 Å². The molecule has 0 spiro atoms. The zero-order valence-corrected chi connectivity index (χ0v) is 15.1.